The molecule has 4 nitrogen and oxygen atoms in total. The van der Waals surface area contributed by atoms with Crippen molar-refractivity contribution < 1.29 is 9.90 Å². The van der Waals surface area contributed by atoms with Gasteiger partial charge in [-0.2, -0.15) is 0 Å². The van der Waals surface area contributed by atoms with Gasteiger partial charge in [0.2, 0.25) is 5.91 Å². The second kappa shape index (κ2) is 6.52. The summed E-state index contributed by atoms with van der Waals surface area (Å²) in [6.07, 6.45) is 1.34. The Labute approximate surface area is 107 Å². The standard InChI is InChI=1S/C14H20N2O2/c17-13(11-5-2-1-3-6-11)10-16-14(18)12-7-4-8-15-9-12/h1-3,5-6,12-13,15,17H,4,7-10H2,(H,16,18). The van der Waals surface area contributed by atoms with Crippen LogP contribution >= 0.6 is 0 Å². The lowest BCUT2D eigenvalue weighted by atomic mass is 9.98. The van der Waals surface area contributed by atoms with Gasteiger partial charge in [-0.25, -0.2) is 0 Å². The number of amides is 1. The average molecular weight is 248 g/mol. The van der Waals surface area contributed by atoms with E-state index < -0.39 is 6.10 Å². The number of aliphatic hydroxyl groups excluding tert-OH is 1. The Morgan fingerprint density at radius 3 is 2.89 bits per heavy atom. The first-order valence-electron chi connectivity index (χ1n) is 6.49. The van der Waals surface area contributed by atoms with Gasteiger partial charge in [0, 0.05) is 13.1 Å². The summed E-state index contributed by atoms with van der Waals surface area (Å²) >= 11 is 0. The van der Waals surface area contributed by atoms with Crippen LogP contribution in [0.2, 0.25) is 0 Å². The van der Waals surface area contributed by atoms with E-state index in [0.29, 0.717) is 0 Å². The molecule has 1 amide bonds. The number of carbonyl (C=O) groups excluding carboxylic acids is 1. The molecule has 1 aromatic rings. The van der Waals surface area contributed by atoms with Crippen LogP contribution in [0, 0.1) is 5.92 Å². The second-order valence-electron chi connectivity index (χ2n) is 4.71. The van der Waals surface area contributed by atoms with Gasteiger partial charge in [-0.1, -0.05) is 30.3 Å². The number of aliphatic hydroxyl groups is 1. The molecule has 0 bridgehead atoms. The largest absolute Gasteiger partial charge is 0.387 e. The summed E-state index contributed by atoms with van der Waals surface area (Å²) in [6.45, 7) is 2.02. The van der Waals surface area contributed by atoms with Gasteiger partial charge in [0.1, 0.15) is 0 Å². The van der Waals surface area contributed by atoms with Gasteiger partial charge in [-0.05, 0) is 24.9 Å². The van der Waals surface area contributed by atoms with Crippen LogP contribution in [0.15, 0.2) is 30.3 Å². The van der Waals surface area contributed by atoms with Crippen molar-refractivity contribution in [3.05, 3.63) is 35.9 Å². The first-order chi connectivity index (χ1) is 8.77. The highest BCUT2D eigenvalue weighted by atomic mass is 16.3. The highest BCUT2D eigenvalue weighted by Crippen LogP contribution is 2.12. The van der Waals surface area contributed by atoms with E-state index in [-0.39, 0.29) is 18.4 Å². The summed E-state index contributed by atoms with van der Waals surface area (Å²) in [5, 5.41) is 16.0. The van der Waals surface area contributed by atoms with Crippen molar-refractivity contribution >= 4 is 5.91 Å². The van der Waals surface area contributed by atoms with Gasteiger partial charge in [-0.15, -0.1) is 0 Å². The fraction of sp³-hybridized carbons (Fsp3) is 0.500. The lowest BCUT2D eigenvalue weighted by Crippen LogP contribution is -2.41. The van der Waals surface area contributed by atoms with E-state index in [1.165, 1.54) is 0 Å². The van der Waals surface area contributed by atoms with Crippen molar-refractivity contribution in [1.29, 1.82) is 0 Å². The molecule has 18 heavy (non-hydrogen) atoms. The molecule has 3 N–H and O–H groups in total. The molecular formula is C14H20N2O2. The first kappa shape index (κ1) is 13.1. The zero-order valence-corrected chi connectivity index (χ0v) is 10.4. The summed E-state index contributed by atoms with van der Waals surface area (Å²) < 4.78 is 0. The minimum Gasteiger partial charge on any atom is -0.387 e. The number of piperidine rings is 1. The summed E-state index contributed by atoms with van der Waals surface area (Å²) in [7, 11) is 0. The summed E-state index contributed by atoms with van der Waals surface area (Å²) in [5.74, 6) is 0.0823. The van der Waals surface area contributed by atoms with Crippen LogP contribution in [-0.4, -0.2) is 30.6 Å². The topological polar surface area (TPSA) is 61.4 Å². The van der Waals surface area contributed by atoms with Gasteiger partial charge < -0.3 is 15.7 Å². The molecule has 2 rings (SSSR count). The SMILES string of the molecule is O=C(NCC(O)c1ccccc1)C1CCCNC1. The van der Waals surface area contributed by atoms with E-state index in [9.17, 15) is 9.90 Å². The predicted octanol–water partition coefficient (Wildman–Crippen LogP) is 0.836. The molecule has 1 aliphatic heterocycles. The molecule has 1 aliphatic rings. The third kappa shape index (κ3) is 3.55. The zero-order valence-electron chi connectivity index (χ0n) is 10.4. The van der Waals surface area contributed by atoms with Crippen LogP contribution in [0.25, 0.3) is 0 Å². The average Bonchev–Trinajstić information content (AvgIpc) is 2.46. The van der Waals surface area contributed by atoms with Gasteiger partial charge in [0.15, 0.2) is 0 Å². The Hall–Kier alpha value is -1.39. The second-order valence-corrected chi connectivity index (χ2v) is 4.71. The van der Waals surface area contributed by atoms with Crippen LogP contribution in [0.3, 0.4) is 0 Å². The van der Waals surface area contributed by atoms with E-state index in [4.69, 9.17) is 0 Å². The minimum absolute atomic E-state index is 0.0391. The number of hydrogen-bond acceptors (Lipinski definition) is 3. The fourth-order valence-corrected chi connectivity index (χ4v) is 2.21. The Morgan fingerprint density at radius 1 is 1.44 bits per heavy atom. The fourth-order valence-electron chi connectivity index (χ4n) is 2.21. The third-order valence-electron chi connectivity index (χ3n) is 3.32. The monoisotopic (exact) mass is 248 g/mol. The normalized spacial score (nSPS) is 21.3. The van der Waals surface area contributed by atoms with Crippen molar-refractivity contribution in [1.82, 2.24) is 10.6 Å². The van der Waals surface area contributed by atoms with Crippen molar-refractivity contribution in [3.8, 4) is 0 Å². The molecule has 1 fully saturated rings. The highest BCUT2D eigenvalue weighted by molar-refractivity contribution is 5.79. The van der Waals surface area contributed by atoms with E-state index in [0.717, 1.165) is 31.5 Å². The summed E-state index contributed by atoms with van der Waals surface area (Å²) in [6, 6.07) is 9.39. The number of carbonyl (C=O) groups is 1. The number of rotatable bonds is 4. The van der Waals surface area contributed by atoms with Crippen LogP contribution in [0.4, 0.5) is 0 Å². The molecule has 0 radical (unpaired) electrons. The molecule has 2 atom stereocenters. The smallest absolute Gasteiger partial charge is 0.224 e. The molecule has 4 heteroatoms. The highest BCUT2D eigenvalue weighted by Gasteiger charge is 2.21. The van der Waals surface area contributed by atoms with Gasteiger partial charge in [0.05, 0.1) is 12.0 Å². The Bertz CT molecular complexity index is 375. The minimum atomic E-state index is -0.633. The van der Waals surface area contributed by atoms with E-state index >= 15 is 0 Å². The predicted molar refractivity (Wildman–Crippen MR) is 70.0 cm³/mol. The maximum absolute atomic E-state index is 11.9. The lowest BCUT2D eigenvalue weighted by molar-refractivity contribution is -0.125. The maximum atomic E-state index is 11.9. The molecule has 1 heterocycles. The van der Waals surface area contributed by atoms with Crippen molar-refractivity contribution in [2.75, 3.05) is 19.6 Å². The molecule has 0 aliphatic carbocycles. The summed E-state index contributed by atoms with van der Waals surface area (Å²) in [4.78, 5) is 11.9. The molecule has 1 aromatic carbocycles. The zero-order chi connectivity index (χ0) is 12.8. The van der Waals surface area contributed by atoms with Crippen molar-refractivity contribution in [3.63, 3.8) is 0 Å². The third-order valence-corrected chi connectivity index (χ3v) is 3.32. The molecule has 2 unspecified atom stereocenters. The van der Waals surface area contributed by atoms with E-state index in [1.54, 1.807) is 0 Å². The van der Waals surface area contributed by atoms with E-state index in [2.05, 4.69) is 10.6 Å². The van der Waals surface area contributed by atoms with Crippen molar-refractivity contribution in [2.45, 2.75) is 18.9 Å². The van der Waals surface area contributed by atoms with Crippen LogP contribution < -0.4 is 10.6 Å². The molecular weight excluding hydrogens is 228 g/mol. The van der Waals surface area contributed by atoms with Gasteiger partial charge >= 0.3 is 0 Å². The number of benzene rings is 1. The van der Waals surface area contributed by atoms with Crippen molar-refractivity contribution in [2.24, 2.45) is 5.92 Å². The Kier molecular flexibility index (Phi) is 4.73. The molecule has 1 saturated heterocycles. The van der Waals surface area contributed by atoms with E-state index in [1.807, 2.05) is 30.3 Å². The maximum Gasteiger partial charge on any atom is 0.224 e. The Balaban J connectivity index is 1.78. The summed E-state index contributed by atoms with van der Waals surface area (Å²) in [5.41, 5.74) is 0.833. The lowest BCUT2D eigenvalue weighted by Gasteiger charge is -2.22. The Morgan fingerprint density at radius 2 is 2.22 bits per heavy atom. The van der Waals surface area contributed by atoms with Crippen LogP contribution in [0.5, 0.6) is 0 Å². The molecule has 0 aromatic heterocycles. The van der Waals surface area contributed by atoms with Crippen LogP contribution in [0.1, 0.15) is 24.5 Å². The van der Waals surface area contributed by atoms with Crippen LogP contribution in [-0.2, 0) is 4.79 Å². The first-order valence-corrected chi connectivity index (χ1v) is 6.49. The molecule has 98 valence electrons. The van der Waals surface area contributed by atoms with Gasteiger partial charge in [0.25, 0.3) is 0 Å². The van der Waals surface area contributed by atoms with Gasteiger partial charge in [-0.3, -0.25) is 4.79 Å². The quantitative estimate of drug-likeness (QED) is 0.740. The number of nitrogens with one attached hydrogen (secondary N) is 2. The number of hydrogen-bond donors (Lipinski definition) is 3. The molecule has 0 spiro atoms. The molecule has 0 saturated carbocycles.